The van der Waals surface area contributed by atoms with Gasteiger partial charge in [0.05, 0.1) is 6.26 Å². The predicted octanol–water partition coefficient (Wildman–Crippen LogP) is 3.76. The Morgan fingerprint density at radius 3 is 2.76 bits per heavy atom. The molecule has 17 heavy (non-hydrogen) atoms. The first kappa shape index (κ1) is 12.4. The van der Waals surface area contributed by atoms with Crippen molar-refractivity contribution in [2.24, 2.45) is 0 Å². The van der Waals surface area contributed by atoms with E-state index in [2.05, 4.69) is 46.4 Å². The summed E-state index contributed by atoms with van der Waals surface area (Å²) in [6.45, 7) is 3.03. The maximum absolute atomic E-state index is 5.33. The molecule has 2 nitrogen and oxygen atoms in total. The van der Waals surface area contributed by atoms with Crippen molar-refractivity contribution in [1.29, 1.82) is 0 Å². The minimum Gasteiger partial charge on any atom is -0.469 e. The molecule has 0 saturated heterocycles. The van der Waals surface area contributed by atoms with Crippen LogP contribution in [-0.2, 0) is 13.0 Å². The lowest BCUT2D eigenvalue weighted by Gasteiger charge is -2.13. The Balaban J connectivity index is 1.84. The molecule has 0 amide bonds. The number of benzene rings is 1. The van der Waals surface area contributed by atoms with Crippen LogP contribution in [-0.4, -0.2) is 6.04 Å². The third-order valence-electron chi connectivity index (χ3n) is 2.69. The normalized spacial score (nSPS) is 12.6. The van der Waals surface area contributed by atoms with Crippen LogP contribution in [0.3, 0.4) is 0 Å². The predicted molar refractivity (Wildman–Crippen MR) is 72.9 cm³/mol. The van der Waals surface area contributed by atoms with E-state index in [9.17, 15) is 0 Å². The fourth-order valence-corrected chi connectivity index (χ4v) is 2.15. The van der Waals surface area contributed by atoms with Crippen molar-refractivity contribution in [2.75, 3.05) is 0 Å². The first-order valence-corrected chi connectivity index (χ1v) is 6.54. The van der Waals surface area contributed by atoms with Gasteiger partial charge in [-0.1, -0.05) is 34.1 Å². The van der Waals surface area contributed by atoms with Crippen molar-refractivity contribution >= 4 is 15.9 Å². The van der Waals surface area contributed by atoms with E-state index in [-0.39, 0.29) is 0 Å². The summed E-state index contributed by atoms with van der Waals surface area (Å²) in [5.74, 6) is 1.03. The molecule has 0 aliphatic carbocycles. The highest BCUT2D eigenvalue weighted by Gasteiger charge is 2.06. The molecule has 1 aromatic heterocycles. The van der Waals surface area contributed by atoms with Gasteiger partial charge >= 0.3 is 0 Å². The molecule has 0 bridgehead atoms. The number of hydrogen-bond donors (Lipinski definition) is 1. The molecule has 90 valence electrons. The third kappa shape index (κ3) is 3.72. The highest BCUT2D eigenvalue weighted by molar-refractivity contribution is 9.10. The summed E-state index contributed by atoms with van der Waals surface area (Å²) >= 11 is 3.55. The standard InChI is InChI=1S/C14H16BrNO/c1-11(9-13-6-4-8-17-13)16-10-12-5-2-3-7-14(12)15/h2-8,11,16H,9-10H2,1H3. The molecule has 0 radical (unpaired) electrons. The van der Waals surface area contributed by atoms with Gasteiger partial charge in [0, 0.05) is 23.5 Å². The lowest BCUT2D eigenvalue weighted by molar-refractivity contribution is 0.456. The van der Waals surface area contributed by atoms with Crippen molar-refractivity contribution in [1.82, 2.24) is 5.32 Å². The lowest BCUT2D eigenvalue weighted by atomic mass is 10.1. The summed E-state index contributed by atoms with van der Waals surface area (Å²) in [5.41, 5.74) is 1.28. The Morgan fingerprint density at radius 1 is 1.24 bits per heavy atom. The first-order chi connectivity index (χ1) is 8.25. The molecule has 1 unspecified atom stereocenters. The zero-order valence-corrected chi connectivity index (χ0v) is 11.4. The highest BCUT2D eigenvalue weighted by Crippen LogP contribution is 2.15. The summed E-state index contributed by atoms with van der Waals surface area (Å²) in [6, 6.07) is 12.6. The molecular weight excluding hydrogens is 278 g/mol. The molecule has 1 atom stereocenters. The molecule has 0 fully saturated rings. The van der Waals surface area contributed by atoms with Crippen LogP contribution >= 0.6 is 15.9 Å². The molecule has 3 heteroatoms. The molecular formula is C14H16BrNO. The number of nitrogens with one attached hydrogen (secondary N) is 1. The molecule has 0 saturated carbocycles. The van der Waals surface area contributed by atoms with Crippen LogP contribution < -0.4 is 5.32 Å². The van der Waals surface area contributed by atoms with E-state index in [0.717, 1.165) is 23.2 Å². The fourth-order valence-electron chi connectivity index (χ4n) is 1.73. The van der Waals surface area contributed by atoms with Crippen LogP contribution in [0.4, 0.5) is 0 Å². The van der Waals surface area contributed by atoms with E-state index in [1.807, 2.05) is 18.2 Å². The largest absolute Gasteiger partial charge is 0.469 e. The second kappa shape index (κ2) is 6.03. The molecule has 2 rings (SSSR count). The Kier molecular flexibility index (Phi) is 4.40. The Morgan fingerprint density at radius 2 is 2.06 bits per heavy atom. The average Bonchev–Trinajstić information content (AvgIpc) is 2.81. The lowest BCUT2D eigenvalue weighted by Crippen LogP contribution is -2.27. The van der Waals surface area contributed by atoms with Gasteiger partial charge in [-0.15, -0.1) is 0 Å². The van der Waals surface area contributed by atoms with Crippen LogP contribution in [0.15, 0.2) is 51.6 Å². The smallest absolute Gasteiger partial charge is 0.105 e. The monoisotopic (exact) mass is 293 g/mol. The zero-order chi connectivity index (χ0) is 12.1. The number of rotatable bonds is 5. The van der Waals surface area contributed by atoms with Gasteiger partial charge < -0.3 is 9.73 Å². The van der Waals surface area contributed by atoms with E-state index >= 15 is 0 Å². The van der Waals surface area contributed by atoms with Crippen LogP contribution in [0.2, 0.25) is 0 Å². The van der Waals surface area contributed by atoms with Crippen LogP contribution in [0.25, 0.3) is 0 Å². The van der Waals surface area contributed by atoms with Gasteiger partial charge in [-0.2, -0.15) is 0 Å². The average molecular weight is 294 g/mol. The van der Waals surface area contributed by atoms with Crippen molar-refractivity contribution in [3.8, 4) is 0 Å². The highest BCUT2D eigenvalue weighted by atomic mass is 79.9. The fraction of sp³-hybridized carbons (Fsp3) is 0.286. The van der Waals surface area contributed by atoms with E-state index in [0.29, 0.717) is 6.04 Å². The van der Waals surface area contributed by atoms with Gasteiger partial charge in [-0.25, -0.2) is 0 Å². The quantitative estimate of drug-likeness (QED) is 0.908. The number of halogens is 1. The summed E-state index contributed by atoms with van der Waals surface area (Å²) in [7, 11) is 0. The van der Waals surface area contributed by atoms with Gasteiger partial charge in [0.25, 0.3) is 0 Å². The molecule has 1 aromatic carbocycles. The van der Waals surface area contributed by atoms with Gasteiger partial charge in [0.2, 0.25) is 0 Å². The minimum absolute atomic E-state index is 0.397. The first-order valence-electron chi connectivity index (χ1n) is 5.75. The number of furan rings is 1. The summed E-state index contributed by atoms with van der Waals surface area (Å²) < 4.78 is 6.48. The van der Waals surface area contributed by atoms with Crippen LogP contribution in [0.1, 0.15) is 18.2 Å². The van der Waals surface area contributed by atoms with E-state index in [1.54, 1.807) is 6.26 Å². The SMILES string of the molecule is CC(Cc1ccco1)NCc1ccccc1Br. The van der Waals surface area contributed by atoms with Crippen molar-refractivity contribution in [2.45, 2.75) is 25.9 Å². The van der Waals surface area contributed by atoms with Gasteiger partial charge in [-0.05, 0) is 30.7 Å². The van der Waals surface area contributed by atoms with Crippen molar-refractivity contribution in [3.05, 3.63) is 58.5 Å². The number of hydrogen-bond acceptors (Lipinski definition) is 2. The summed E-state index contributed by atoms with van der Waals surface area (Å²) in [4.78, 5) is 0. The van der Waals surface area contributed by atoms with Crippen molar-refractivity contribution < 1.29 is 4.42 Å². The van der Waals surface area contributed by atoms with Crippen LogP contribution in [0, 0.1) is 0 Å². The van der Waals surface area contributed by atoms with E-state index in [1.165, 1.54) is 5.56 Å². The topological polar surface area (TPSA) is 25.2 Å². The second-order valence-electron chi connectivity index (χ2n) is 4.16. The van der Waals surface area contributed by atoms with Gasteiger partial charge in [0.15, 0.2) is 0 Å². The zero-order valence-electron chi connectivity index (χ0n) is 9.82. The maximum Gasteiger partial charge on any atom is 0.105 e. The Bertz CT molecular complexity index is 453. The second-order valence-corrected chi connectivity index (χ2v) is 5.01. The third-order valence-corrected chi connectivity index (χ3v) is 3.46. The van der Waals surface area contributed by atoms with E-state index in [4.69, 9.17) is 4.42 Å². The van der Waals surface area contributed by atoms with Crippen molar-refractivity contribution in [3.63, 3.8) is 0 Å². The molecule has 1 N–H and O–H groups in total. The Labute approximate surface area is 110 Å². The minimum atomic E-state index is 0.397. The van der Waals surface area contributed by atoms with Crippen LogP contribution in [0.5, 0.6) is 0 Å². The Hall–Kier alpha value is -1.06. The molecule has 0 aliphatic rings. The molecule has 1 heterocycles. The molecule has 0 aliphatic heterocycles. The van der Waals surface area contributed by atoms with Gasteiger partial charge in [0.1, 0.15) is 5.76 Å². The van der Waals surface area contributed by atoms with E-state index < -0.39 is 0 Å². The maximum atomic E-state index is 5.33. The summed E-state index contributed by atoms with van der Waals surface area (Å²) in [5, 5.41) is 3.49. The summed E-state index contributed by atoms with van der Waals surface area (Å²) in [6.07, 6.45) is 2.63. The molecule has 0 spiro atoms. The molecule has 2 aromatic rings. The van der Waals surface area contributed by atoms with Gasteiger partial charge in [-0.3, -0.25) is 0 Å².